The molecule has 0 bridgehead atoms. The van der Waals surface area contributed by atoms with E-state index < -0.39 is 14.7 Å². The predicted octanol–water partition coefficient (Wildman–Crippen LogP) is 3.36. The summed E-state index contributed by atoms with van der Waals surface area (Å²) in [7, 11) is 0. The van der Waals surface area contributed by atoms with Crippen LogP contribution in [0.5, 0.6) is 0 Å². The molecule has 0 nitrogen and oxygen atoms in total. The van der Waals surface area contributed by atoms with Gasteiger partial charge in [0.15, 0.2) is 0 Å². The van der Waals surface area contributed by atoms with Gasteiger partial charge in [-0.15, -0.1) is 0 Å². The zero-order valence-corrected chi connectivity index (χ0v) is 14.6. The van der Waals surface area contributed by atoms with Gasteiger partial charge in [0.2, 0.25) is 0 Å². The fourth-order valence-corrected chi connectivity index (χ4v) is 7.80. The van der Waals surface area contributed by atoms with E-state index in [0.717, 1.165) is 0 Å². The third-order valence-corrected chi connectivity index (χ3v) is 9.11. The van der Waals surface area contributed by atoms with Crippen molar-refractivity contribution in [1.29, 1.82) is 0 Å². The van der Waals surface area contributed by atoms with Crippen molar-refractivity contribution in [3.05, 3.63) is 103 Å². The molecular weight excluding hydrogens is 339 g/mol. The van der Waals surface area contributed by atoms with Gasteiger partial charge in [0, 0.05) is 0 Å². The molecule has 0 N–H and O–H groups in total. The summed E-state index contributed by atoms with van der Waals surface area (Å²) in [6, 6.07) is 37.5. The molecule has 0 unspecified atom stereocenters. The number of hydrogen-bond acceptors (Lipinski definition) is 0. The van der Waals surface area contributed by atoms with E-state index in [4.69, 9.17) is 0 Å². The Morgan fingerprint density at radius 1 is 0.391 bits per heavy atom. The summed E-state index contributed by atoms with van der Waals surface area (Å²) in [6.45, 7) is 0. The van der Waals surface area contributed by atoms with Crippen LogP contribution in [-0.2, 0) is 0 Å². The molecule has 110 valence electrons. The Morgan fingerprint density at radius 3 is 1.52 bits per heavy atom. The van der Waals surface area contributed by atoms with Crippen molar-refractivity contribution >= 4 is 38.5 Å². The first kappa shape index (κ1) is 14.3. The van der Waals surface area contributed by atoms with Crippen molar-refractivity contribution in [2.75, 3.05) is 0 Å². The Labute approximate surface area is 141 Å². The molecule has 0 aliphatic carbocycles. The monoisotopic (exact) mass is 356 g/mol. The van der Waals surface area contributed by atoms with Crippen LogP contribution in [-0.4, -0.2) is 14.7 Å². The quantitative estimate of drug-likeness (QED) is 0.494. The van der Waals surface area contributed by atoms with E-state index in [0.29, 0.717) is 0 Å². The molecule has 0 saturated heterocycles. The Morgan fingerprint density at radius 2 is 0.913 bits per heavy atom. The van der Waals surface area contributed by atoms with Crippen molar-refractivity contribution in [2.45, 2.75) is 0 Å². The minimum atomic E-state index is -1.50. The van der Waals surface area contributed by atoms with Crippen LogP contribution in [0.15, 0.2) is 103 Å². The summed E-state index contributed by atoms with van der Waals surface area (Å²) >= 11 is -1.50. The summed E-state index contributed by atoms with van der Waals surface area (Å²) in [5, 5.41) is 2.64. The van der Waals surface area contributed by atoms with E-state index in [9.17, 15) is 0 Å². The van der Waals surface area contributed by atoms with Crippen LogP contribution in [0.3, 0.4) is 0 Å². The van der Waals surface area contributed by atoms with Gasteiger partial charge in [-0.25, -0.2) is 0 Å². The number of hydrogen-bond donors (Lipinski definition) is 0. The predicted molar refractivity (Wildman–Crippen MR) is 101 cm³/mol. The Hall–Kier alpha value is -2.30. The first-order valence-electron chi connectivity index (χ1n) is 7.81. The van der Waals surface area contributed by atoms with Gasteiger partial charge in [-0.3, -0.25) is 0 Å². The van der Waals surface area contributed by atoms with Gasteiger partial charge >= 0.3 is 142 Å². The molecule has 0 radical (unpaired) electrons. The molecule has 0 spiro atoms. The van der Waals surface area contributed by atoms with Crippen molar-refractivity contribution in [3.63, 3.8) is 0 Å². The molecule has 0 aliphatic rings. The second-order valence-corrected chi connectivity index (χ2v) is 10.2. The van der Waals surface area contributed by atoms with E-state index in [-0.39, 0.29) is 0 Å². The van der Waals surface area contributed by atoms with Gasteiger partial charge in [-0.05, 0) is 0 Å². The van der Waals surface area contributed by atoms with Crippen molar-refractivity contribution in [1.82, 2.24) is 0 Å². The first-order chi connectivity index (χ1) is 11.4. The Kier molecular flexibility index (Phi) is 4.01. The summed E-state index contributed by atoms with van der Waals surface area (Å²) in [6.07, 6.45) is 0. The van der Waals surface area contributed by atoms with Crippen molar-refractivity contribution < 1.29 is 0 Å². The Bertz CT molecular complexity index is 874. The molecule has 4 aromatic carbocycles. The van der Waals surface area contributed by atoms with Crippen LogP contribution in [0.2, 0.25) is 0 Å². The molecule has 4 aromatic rings. The number of rotatable bonds is 3. The molecule has 4 rings (SSSR count). The summed E-state index contributed by atoms with van der Waals surface area (Å²) < 4.78 is 4.43. The number of benzene rings is 4. The SMILES string of the molecule is c1ccc([As](c2ccccc2)c2ccc3ccccc3c2)cc1. The summed E-state index contributed by atoms with van der Waals surface area (Å²) in [5.74, 6) is 0. The van der Waals surface area contributed by atoms with Crippen LogP contribution in [0.25, 0.3) is 10.8 Å². The topological polar surface area (TPSA) is 0 Å². The standard InChI is InChI=1S/C22H17As/c1-3-11-20(12-4-1)23(21-13-5-2-6-14-21)22-16-15-18-9-7-8-10-19(18)17-22/h1-17H. The zero-order chi connectivity index (χ0) is 15.5. The van der Waals surface area contributed by atoms with Gasteiger partial charge in [0.25, 0.3) is 0 Å². The molecule has 0 amide bonds. The third-order valence-electron chi connectivity index (χ3n) is 4.02. The van der Waals surface area contributed by atoms with Crippen LogP contribution in [0.1, 0.15) is 0 Å². The molecule has 0 atom stereocenters. The molecule has 0 saturated carbocycles. The molecule has 0 fully saturated rings. The maximum absolute atomic E-state index is 2.38. The second-order valence-electron chi connectivity index (χ2n) is 5.54. The van der Waals surface area contributed by atoms with Gasteiger partial charge < -0.3 is 0 Å². The Balaban J connectivity index is 1.90. The molecule has 0 aromatic heterocycles. The van der Waals surface area contributed by atoms with Crippen LogP contribution < -0.4 is 13.1 Å². The van der Waals surface area contributed by atoms with Gasteiger partial charge in [0.05, 0.1) is 0 Å². The van der Waals surface area contributed by atoms with Crippen LogP contribution >= 0.6 is 0 Å². The fourth-order valence-electron chi connectivity index (χ4n) is 2.92. The normalized spacial score (nSPS) is 11.0. The molecule has 0 aliphatic heterocycles. The third kappa shape index (κ3) is 2.95. The summed E-state index contributed by atoms with van der Waals surface area (Å²) in [4.78, 5) is 0. The minimum absolute atomic E-state index is 1.31. The maximum atomic E-state index is 2.38. The first-order valence-corrected chi connectivity index (χ1v) is 10.6. The number of fused-ring (bicyclic) bond motifs is 1. The molecule has 0 heterocycles. The average molecular weight is 356 g/mol. The zero-order valence-electron chi connectivity index (χ0n) is 12.8. The van der Waals surface area contributed by atoms with E-state index in [1.54, 1.807) is 0 Å². The van der Waals surface area contributed by atoms with Crippen molar-refractivity contribution in [2.24, 2.45) is 0 Å². The average Bonchev–Trinajstić information content (AvgIpc) is 2.64. The van der Waals surface area contributed by atoms with Crippen LogP contribution in [0.4, 0.5) is 0 Å². The van der Waals surface area contributed by atoms with E-state index in [1.807, 2.05) is 0 Å². The van der Waals surface area contributed by atoms with Gasteiger partial charge in [-0.1, -0.05) is 0 Å². The fraction of sp³-hybridized carbons (Fsp3) is 0. The molecular formula is C22H17As. The van der Waals surface area contributed by atoms with Gasteiger partial charge in [-0.2, -0.15) is 0 Å². The van der Waals surface area contributed by atoms with E-state index in [2.05, 4.69) is 103 Å². The molecule has 1 heteroatoms. The molecule has 23 heavy (non-hydrogen) atoms. The summed E-state index contributed by atoms with van der Waals surface area (Å²) in [5.41, 5.74) is 0. The second kappa shape index (κ2) is 6.44. The van der Waals surface area contributed by atoms with E-state index >= 15 is 0 Å². The van der Waals surface area contributed by atoms with E-state index in [1.165, 1.54) is 23.8 Å². The van der Waals surface area contributed by atoms with Crippen molar-refractivity contribution in [3.8, 4) is 0 Å². The van der Waals surface area contributed by atoms with Crippen LogP contribution in [0, 0.1) is 0 Å². The van der Waals surface area contributed by atoms with Gasteiger partial charge in [0.1, 0.15) is 0 Å².